The fourth-order valence-corrected chi connectivity index (χ4v) is 5.04. The average molecular weight is 413 g/mol. The van der Waals surface area contributed by atoms with E-state index in [1.807, 2.05) is 0 Å². The molecular weight excluding hydrogens is 380 g/mol. The molecule has 0 radical (unpaired) electrons. The Morgan fingerprint density at radius 3 is 2.47 bits per heavy atom. The second kappa shape index (κ2) is 8.76. The van der Waals surface area contributed by atoms with Gasteiger partial charge in [-0.15, -0.1) is 0 Å². The van der Waals surface area contributed by atoms with Crippen LogP contribution in [0.4, 0.5) is 0 Å². The highest BCUT2D eigenvalue weighted by molar-refractivity contribution is 6.21. The Labute approximate surface area is 178 Å². The molecule has 1 aromatic carbocycles. The fourth-order valence-electron chi connectivity index (χ4n) is 5.04. The maximum atomic E-state index is 12.4. The first-order chi connectivity index (χ1) is 14.6. The molecule has 0 saturated heterocycles. The average Bonchev–Trinajstić information content (AvgIpc) is 2.95. The number of carbonyl (C=O) groups is 2. The second-order valence-electron chi connectivity index (χ2n) is 8.48. The molecule has 2 amide bonds. The number of benzene rings is 1. The highest BCUT2D eigenvalue weighted by atomic mass is 16.5. The molecule has 2 unspecified atom stereocenters. The van der Waals surface area contributed by atoms with Gasteiger partial charge in [-0.05, 0) is 51.2 Å². The molecule has 1 aliphatic heterocycles. The number of rotatable bonds is 8. The third kappa shape index (κ3) is 3.60. The molecule has 0 bridgehead atoms. The zero-order valence-corrected chi connectivity index (χ0v) is 17.9. The number of hydrogen-bond donors (Lipinski definition) is 2. The number of aliphatic imine (C=N–C) groups is 1. The molecule has 7 nitrogen and oxygen atoms in total. The van der Waals surface area contributed by atoms with Crippen LogP contribution < -0.4 is 10.6 Å². The van der Waals surface area contributed by atoms with Crippen LogP contribution in [0.1, 0.15) is 66.2 Å². The number of unbranched alkanes of at least 4 members (excludes halogenated alkanes) is 1. The number of imide groups is 1. The van der Waals surface area contributed by atoms with Gasteiger partial charge in [0.15, 0.2) is 5.96 Å². The van der Waals surface area contributed by atoms with Crippen LogP contribution in [0.15, 0.2) is 29.3 Å². The van der Waals surface area contributed by atoms with Crippen molar-refractivity contribution in [1.29, 1.82) is 0 Å². The predicted octanol–water partition coefficient (Wildman–Crippen LogP) is 2.58. The van der Waals surface area contributed by atoms with Gasteiger partial charge in [-0.2, -0.15) is 0 Å². The van der Waals surface area contributed by atoms with Crippen LogP contribution in [-0.2, 0) is 4.74 Å². The molecule has 2 atom stereocenters. The zero-order valence-electron chi connectivity index (χ0n) is 17.9. The summed E-state index contributed by atoms with van der Waals surface area (Å²) in [5, 5.41) is 6.96. The van der Waals surface area contributed by atoms with E-state index in [1.165, 1.54) is 24.2 Å². The summed E-state index contributed by atoms with van der Waals surface area (Å²) in [6, 6.07) is 7.45. The van der Waals surface area contributed by atoms with Crippen LogP contribution in [-0.4, -0.2) is 61.6 Å². The quantitative estimate of drug-likeness (QED) is 0.297. The van der Waals surface area contributed by atoms with Crippen LogP contribution in [0.5, 0.6) is 0 Å². The first kappa shape index (κ1) is 20.8. The van der Waals surface area contributed by atoms with E-state index in [0.29, 0.717) is 35.2 Å². The number of fused-ring (bicyclic) bond motifs is 1. The normalized spacial score (nSPS) is 24.5. The van der Waals surface area contributed by atoms with Crippen molar-refractivity contribution >= 4 is 17.8 Å². The summed E-state index contributed by atoms with van der Waals surface area (Å²) >= 11 is 0. The fraction of sp³-hybridized carbons (Fsp3) is 0.609. The number of guanidine groups is 1. The van der Waals surface area contributed by atoms with E-state index in [4.69, 9.17) is 4.74 Å². The van der Waals surface area contributed by atoms with Gasteiger partial charge in [-0.1, -0.05) is 18.6 Å². The summed E-state index contributed by atoms with van der Waals surface area (Å²) in [5.41, 5.74) is 1.32. The summed E-state index contributed by atoms with van der Waals surface area (Å²) in [6.07, 6.45) is 6.77. The van der Waals surface area contributed by atoms with Gasteiger partial charge in [0.2, 0.25) is 0 Å². The standard InChI is InChI=1S/C23H32N4O3/c1-3-30-19-15-18(23(19)11-8-12-23)26-22(24-2)25-13-6-7-14-27-20(28)16-9-4-5-10-17(16)21(27)29/h4-5,9-10,18-19H,3,6-8,11-15H2,1-2H3,(H2,24,25,26). The Bertz CT molecular complexity index is 798. The number of hydrogen-bond acceptors (Lipinski definition) is 4. The summed E-state index contributed by atoms with van der Waals surface area (Å²) in [5.74, 6) is 0.461. The van der Waals surface area contributed by atoms with Gasteiger partial charge in [0.25, 0.3) is 11.8 Å². The lowest BCUT2D eigenvalue weighted by Gasteiger charge is -2.61. The highest BCUT2D eigenvalue weighted by Gasteiger charge is 2.59. The van der Waals surface area contributed by atoms with Gasteiger partial charge in [0.05, 0.1) is 17.2 Å². The Kier molecular flexibility index (Phi) is 6.09. The number of nitrogens with zero attached hydrogens (tertiary/aromatic N) is 2. The van der Waals surface area contributed by atoms with Crippen LogP contribution in [0, 0.1) is 5.41 Å². The number of nitrogens with one attached hydrogen (secondary N) is 2. The van der Waals surface area contributed by atoms with Crippen molar-refractivity contribution < 1.29 is 14.3 Å². The van der Waals surface area contributed by atoms with Crippen LogP contribution >= 0.6 is 0 Å². The summed E-state index contributed by atoms with van der Waals surface area (Å²) in [4.78, 5) is 30.5. The van der Waals surface area contributed by atoms with E-state index in [1.54, 1.807) is 31.3 Å². The first-order valence-electron chi connectivity index (χ1n) is 11.1. The SMILES string of the molecule is CCOC1CC(NC(=NC)NCCCCN2C(=O)c3ccccc3C2=O)C12CCC2. The molecule has 7 heteroatoms. The molecule has 4 rings (SSSR count). The van der Waals surface area contributed by atoms with E-state index in [0.717, 1.165) is 38.4 Å². The van der Waals surface area contributed by atoms with Gasteiger partial charge in [0, 0.05) is 38.2 Å². The largest absolute Gasteiger partial charge is 0.378 e. The molecular formula is C23H32N4O3. The molecule has 162 valence electrons. The Morgan fingerprint density at radius 1 is 1.20 bits per heavy atom. The Hall–Kier alpha value is -2.41. The monoisotopic (exact) mass is 412 g/mol. The van der Waals surface area contributed by atoms with Crippen LogP contribution in [0.3, 0.4) is 0 Å². The van der Waals surface area contributed by atoms with Crippen molar-refractivity contribution in [3.8, 4) is 0 Å². The zero-order chi connectivity index (χ0) is 21.1. The minimum absolute atomic E-state index is 0.180. The van der Waals surface area contributed by atoms with E-state index in [-0.39, 0.29) is 11.8 Å². The summed E-state index contributed by atoms with van der Waals surface area (Å²) in [6.45, 7) is 4.04. The highest BCUT2D eigenvalue weighted by Crippen LogP contribution is 2.57. The smallest absolute Gasteiger partial charge is 0.261 e. The van der Waals surface area contributed by atoms with Gasteiger partial charge in [-0.3, -0.25) is 19.5 Å². The van der Waals surface area contributed by atoms with Gasteiger partial charge in [-0.25, -0.2) is 0 Å². The third-order valence-electron chi connectivity index (χ3n) is 6.95. The van der Waals surface area contributed by atoms with Crippen molar-refractivity contribution in [3.05, 3.63) is 35.4 Å². The molecule has 1 spiro atoms. The lowest BCUT2D eigenvalue weighted by Crippen LogP contribution is -2.68. The minimum atomic E-state index is -0.180. The molecule has 2 N–H and O–H groups in total. The maximum Gasteiger partial charge on any atom is 0.261 e. The number of ether oxygens (including phenoxy) is 1. The van der Waals surface area contributed by atoms with Crippen molar-refractivity contribution in [2.24, 2.45) is 10.4 Å². The molecule has 2 fully saturated rings. The second-order valence-corrected chi connectivity index (χ2v) is 8.48. The Balaban J connectivity index is 1.19. The van der Waals surface area contributed by atoms with E-state index < -0.39 is 0 Å². The van der Waals surface area contributed by atoms with E-state index in [2.05, 4.69) is 22.5 Å². The summed E-state index contributed by atoms with van der Waals surface area (Å²) < 4.78 is 5.92. The molecule has 3 aliphatic rings. The molecule has 2 saturated carbocycles. The van der Waals surface area contributed by atoms with Gasteiger partial charge < -0.3 is 15.4 Å². The number of amides is 2. The molecule has 1 aromatic rings. The van der Waals surface area contributed by atoms with E-state index >= 15 is 0 Å². The molecule has 0 aromatic heterocycles. The van der Waals surface area contributed by atoms with E-state index in [9.17, 15) is 9.59 Å². The van der Waals surface area contributed by atoms with Gasteiger partial charge in [0.1, 0.15) is 0 Å². The lowest BCUT2D eigenvalue weighted by molar-refractivity contribution is -0.168. The number of carbonyl (C=O) groups excluding carboxylic acids is 2. The topological polar surface area (TPSA) is 83.0 Å². The predicted molar refractivity (Wildman–Crippen MR) is 116 cm³/mol. The lowest BCUT2D eigenvalue weighted by atomic mass is 9.51. The van der Waals surface area contributed by atoms with Crippen molar-refractivity contribution in [3.63, 3.8) is 0 Å². The first-order valence-corrected chi connectivity index (χ1v) is 11.1. The molecule has 2 aliphatic carbocycles. The Morgan fingerprint density at radius 2 is 1.90 bits per heavy atom. The van der Waals surface area contributed by atoms with Crippen molar-refractivity contribution in [2.75, 3.05) is 26.7 Å². The van der Waals surface area contributed by atoms with Crippen molar-refractivity contribution in [2.45, 2.75) is 57.6 Å². The molecule has 30 heavy (non-hydrogen) atoms. The minimum Gasteiger partial charge on any atom is -0.378 e. The van der Waals surface area contributed by atoms with Crippen LogP contribution in [0.25, 0.3) is 0 Å². The summed E-state index contributed by atoms with van der Waals surface area (Å²) in [7, 11) is 1.79. The van der Waals surface area contributed by atoms with Crippen LogP contribution in [0.2, 0.25) is 0 Å². The molecule has 1 heterocycles. The van der Waals surface area contributed by atoms with Crippen molar-refractivity contribution in [1.82, 2.24) is 15.5 Å². The maximum absolute atomic E-state index is 12.4. The third-order valence-corrected chi connectivity index (χ3v) is 6.95. The van der Waals surface area contributed by atoms with Gasteiger partial charge >= 0.3 is 0 Å².